The highest BCUT2D eigenvalue weighted by Gasteiger charge is 2.72. The lowest BCUT2D eigenvalue weighted by molar-refractivity contribution is -0.144. The Morgan fingerprint density at radius 2 is 1.88 bits per heavy atom. The van der Waals surface area contributed by atoms with Crippen molar-refractivity contribution in [1.82, 2.24) is 25.1 Å². The van der Waals surface area contributed by atoms with E-state index < -0.39 is 11.9 Å². The average molecular weight is 570 g/mol. The number of likely N-dealkylation sites (tertiary alicyclic amines) is 2. The zero-order chi connectivity index (χ0) is 28.1. The summed E-state index contributed by atoms with van der Waals surface area (Å²) in [4.78, 5) is 38.9. The summed E-state index contributed by atoms with van der Waals surface area (Å²) in [6.45, 7) is 9.04. The standard InChI is InChI=1S/C29H30F3N5O2S/c1-14-8-21(29(30,31)32)35-24(18(14)13-36-7-5-15-10-33-11-20(15)36)17-4-6-34-19-9-16(40-25(17)19)12-37-26(38)22-23(27(37)39)28(22,2)3/h4,6,8-9,15,20,22-23,33H,5,7,10-13H2,1-3H3/t15-,20+,22?,23?/m1/s1. The summed E-state index contributed by atoms with van der Waals surface area (Å²) in [5.41, 5.74) is 1.67. The van der Waals surface area contributed by atoms with E-state index in [9.17, 15) is 22.8 Å². The Morgan fingerprint density at radius 3 is 2.60 bits per heavy atom. The predicted octanol–water partition coefficient (Wildman–Crippen LogP) is 4.62. The number of pyridine rings is 2. The van der Waals surface area contributed by atoms with E-state index in [1.165, 1.54) is 16.2 Å². The van der Waals surface area contributed by atoms with Crippen LogP contribution in [-0.4, -0.2) is 57.3 Å². The van der Waals surface area contributed by atoms with Crippen LogP contribution in [0.5, 0.6) is 0 Å². The third-order valence-corrected chi connectivity index (χ3v) is 10.6. The Labute approximate surface area is 233 Å². The monoisotopic (exact) mass is 569 g/mol. The number of piperidine rings is 1. The van der Waals surface area contributed by atoms with Gasteiger partial charge in [-0.1, -0.05) is 13.8 Å². The number of carbonyl (C=O) groups excluding carboxylic acids is 2. The van der Waals surface area contributed by atoms with Crippen molar-refractivity contribution in [3.8, 4) is 11.3 Å². The number of nitrogens with one attached hydrogen (secondary N) is 1. The fraction of sp³-hybridized carbons (Fsp3) is 0.517. The van der Waals surface area contributed by atoms with Crippen LogP contribution in [0.2, 0.25) is 0 Å². The second-order valence-corrected chi connectivity index (χ2v) is 13.4. The summed E-state index contributed by atoms with van der Waals surface area (Å²) in [5.74, 6) is -0.251. The third kappa shape index (κ3) is 3.92. The predicted molar refractivity (Wildman–Crippen MR) is 144 cm³/mol. The van der Waals surface area contributed by atoms with Crippen LogP contribution in [0.15, 0.2) is 24.4 Å². The second kappa shape index (κ2) is 8.80. The first-order valence-corrected chi connectivity index (χ1v) is 14.5. The van der Waals surface area contributed by atoms with E-state index >= 15 is 0 Å². The maximum atomic E-state index is 13.9. The van der Waals surface area contributed by atoms with Crippen molar-refractivity contribution in [3.63, 3.8) is 0 Å². The number of alkyl halides is 3. The van der Waals surface area contributed by atoms with Crippen molar-refractivity contribution in [3.05, 3.63) is 46.1 Å². The molecule has 4 aliphatic rings. The van der Waals surface area contributed by atoms with E-state index in [1.54, 1.807) is 19.2 Å². The van der Waals surface area contributed by atoms with Gasteiger partial charge in [-0.05, 0) is 67.1 Å². The Balaban J connectivity index is 1.27. The van der Waals surface area contributed by atoms with Crippen molar-refractivity contribution in [2.45, 2.75) is 52.5 Å². The van der Waals surface area contributed by atoms with Gasteiger partial charge in [0.1, 0.15) is 5.69 Å². The van der Waals surface area contributed by atoms with Crippen molar-refractivity contribution >= 4 is 33.4 Å². The lowest BCUT2D eigenvalue weighted by Crippen LogP contribution is -2.35. The number of amides is 2. The van der Waals surface area contributed by atoms with Crippen LogP contribution in [0.1, 0.15) is 42.0 Å². The molecule has 210 valence electrons. The Hall–Kier alpha value is -2.89. The van der Waals surface area contributed by atoms with E-state index in [1.807, 2.05) is 19.9 Å². The van der Waals surface area contributed by atoms with Crippen molar-refractivity contribution in [2.24, 2.45) is 23.2 Å². The topological polar surface area (TPSA) is 78.4 Å². The molecular weight excluding hydrogens is 539 g/mol. The molecule has 4 fully saturated rings. The molecule has 2 amide bonds. The SMILES string of the molecule is Cc1cc(C(F)(F)F)nc(-c2ccnc3cc(CN4C(=O)C5C(C4=O)C5(C)C)sc23)c1CN1CC[C@@H]2CNC[C@@H]21. The van der Waals surface area contributed by atoms with Gasteiger partial charge in [0.25, 0.3) is 0 Å². The van der Waals surface area contributed by atoms with Crippen LogP contribution < -0.4 is 5.32 Å². The minimum atomic E-state index is -4.58. The molecule has 0 radical (unpaired) electrons. The van der Waals surface area contributed by atoms with Crippen LogP contribution in [0.3, 0.4) is 0 Å². The molecule has 3 saturated heterocycles. The Kier molecular flexibility index (Phi) is 5.73. The first-order chi connectivity index (χ1) is 18.9. The third-order valence-electron chi connectivity index (χ3n) is 9.48. The molecular formula is C29H30F3N5O2S. The Morgan fingerprint density at radius 1 is 1.12 bits per heavy atom. The number of thiophene rings is 1. The molecule has 1 aliphatic carbocycles. The molecule has 7 rings (SSSR count). The van der Waals surface area contributed by atoms with E-state index in [0.29, 0.717) is 45.5 Å². The van der Waals surface area contributed by atoms with Crippen LogP contribution in [0, 0.1) is 30.1 Å². The maximum Gasteiger partial charge on any atom is 0.433 e. The molecule has 3 aliphatic heterocycles. The quantitative estimate of drug-likeness (QED) is 0.452. The largest absolute Gasteiger partial charge is 0.433 e. The van der Waals surface area contributed by atoms with Crippen molar-refractivity contribution in [1.29, 1.82) is 0 Å². The number of aromatic nitrogens is 2. The minimum absolute atomic E-state index is 0.145. The van der Waals surface area contributed by atoms with Crippen molar-refractivity contribution in [2.75, 3.05) is 19.6 Å². The fourth-order valence-electron chi connectivity index (χ4n) is 7.17. The van der Waals surface area contributed by atoms with Crippen molar-refractivity contribution < 1.29 is 22.8 Å². The van der Waals surface area contributed by atoms with Gasteiger partial charge < -0.3 is 5.32 Å². The van der Waals surface area contributed by atoms with Crippen LogP contribution in [0.25, 0.3) is 21.5 Å². The number of fused-ring (bicyclic) bond motifs is 3. The minimum Gasteiger partial charge on any atom is -0.315 e. The average Bonchev–Trinajstić information content (AvgIpc) is 3.43. The zero-order valence-corrected chi connectivity index (χ0v) is 23.3. The van der Waals surface area contributed by atoms with Gasteiger partial charge in [-0.3, -0.25) is 24.4 Å². The van der Waals surface area contributed by atoms with Gasteiger partial charge in [0.05, 0.1) is 34.3 Å². The molecule has 11 heteroatoms. The molecule has 1 N–H and O–H groups in total. The van der Waals surface area contributed by atoms with E-state index in [0.717, 1.165) is 42.6 Å². The normalized spacial score (nSPS) is 27.6. The number of imide groups is 1. The number of carbonyl (C=O) groups is 2. The number of hydrogen-bond donors (Lipinski definition) is 1. The molecule has 7 nitrogen and oxygen atoms in total. The number of nitrogens with zero attached hydrogens (tertiary/aromatic N) is 4. The maximum absolute atomic E-state index is 13.9. The highest BCUT2D eigenvalue weighted by molar-refractivity contribution is 7.19. The van der Waals surface area contributed by atoms with Crippen LogP contribution in [0.4, 0.5) is 13.2 Å². The summed E-state index contributed by atoms with van der Waals surface area (Å²) >= 11 is 1.36. The van der Waals surface area contributed by atoms with Gasteiger partial charge in [0, 0.05) is 35.8 Å². The van der Waals surface area contributed by atoms with Crippen LogP contribution in [-0.2, 0) is 28.9 Å². The summed E-state index contributed by atoms with van der Waals surface area (Å²) in [5, 5.41) is 3.44. The van der Waals surface area contributed by atoms with E-state index in [-0.39, 0.29) is 35.6 Å². The van der Waals surface area contributed by atoms with Gasteiger partial charge in [-0.25, -0.2) is 4.98 Å². The lowest BCUT2D eigenvalue weighted by atomic mass is 9.99. The molecule has 2 unspecified atom stereocenters. The Bertz CT molecular complexity index is 1540. The molecule has 0 spiro atoms. The highest BCUT2D eigenvalue weighted by Crippen LogP contribution is 2.63. The highest BCUT2D eigenvalue weighted by atomic mass is 32.1. The zero-order valence-electron chi connectivity index (χ0n) is 22.5. The smallest absolute Gasteiger partial charge is 0.315 e. The van der Waals surface area contributed by atoms with E-state index in [4.69, 9.17) is 0 Å². The fourth-order valence-corrected chi connectivity index (χ4v) is 8.29. The number of aryl methyl sites for hydroxylation is 1. The summed E-state index contributed by atoms with van der Waals surface area (Å²) < 4.78 is 42.5. The summed E-state index contributed by atoms with van der Waals surface area (Å²) in [6.07, 6.45) is -1.92. The summed E-state index contributed by atoms with van der Waals surface area (Å²) in [6, 6.07) is 5.07. The number of halogens is 3. The van der Waals surface area contributed by atoms with Gasteiger partial charge in [0.2, 0.25) is 11.8 Å². The molecule has 4 atom stereocenters. The molecule has 0 bridgehead atoms. The van der Waals surface area contributed by atoms with Gasteiger partial charge in [0.15, 0.2) is 0 Å². The molecule has 6 heterocycles. The first-order valence-electron chi connectivity index (χ1n) is 13.7. The molecule has 1 saturated carbocycles. The summed E-state index contributed by atoms with van der Waals surface area (Å²) in [7, 11) is 0. The molecule has 3 aromatic rings. The van der Waals surface area contributed by atoms with Crippen LogP contribution >= 0.6 is 11.3 Å². The number of rotatable bonds is 5. The molecule has 0 aromatic carbocycles. The molecule has 40 heavy (non-hydrogen) atoms. The van der Waals surface area contributed by atoms with Gasteiger partial charge >= 0.3 is 6.18 Å². The molecule has 3 aromatic heterocycles. The second-order valence-electron chi connectivity index (χ2n) is 12.2. The number of hydrogen-bond acceptors (Lipinski definition) is 7. The van der Waals surface area contributed by atoms with Gasteiger partial charge in [-0.2, -0.15) is 13.2 Å². The van der Waals surface area contributed by atoms with Gasteiger partial charge in [-0.15, -0.1) is 11.3 Å². The first kappa shape index (κ1) is 26.0. The van der Waals surface area contributed by atoms with E-state index in [2.05, 4.69) is 20.2 Å². The lowest BCUT2D eigenvalue weighted by Gasteiger charge is -2.26.